The van der Waals surface area contributed by atoms with Crippen molar-refractivity contribution in [2.75, 3.05) is 0 Å². The first-order valence-electron chi connectivity index (χ1n) is 11.9. The highest BCUT2D eigenvalue weighted by Gasteiger charge is 2.55. The van der Waals surface area contributed by atoms with Crippen molar-refractivity contribution in [3.8, 4) is 28.3 Å². The van der Waals surface area contributed by atoms with E-state index in [1.807, 2.05) is 60.7 Å². The summed E-state index contributed by atoms with van der Waals surface area (Å²) in [5.74, 6) is 0.601. The standard InChI is InChI=1S/C29H27NO6/c1-20(31)35-36-24-15-8-14-23(18-24)29(33)17-9-16-28(29,32)19-25-30-26(21-10-4-2-5-11-21)27(34-25)22-12-6-3-7-13-22/h2-8,10-15,18,32-33H,9,16-17,19H2,1H3. The van der Waals surface area contributed by atoms with Gasteiger partial charge in [0.1, 0.15) is 16.9 Å². The van der Waals surface area contributed by atoms with Crippen LogP contribution in [0.25, 0.3) is 22.6 Å². The van der Waals surface area contributed by atoms with Crippen LogP contribution in [0.15, 0.2) is 89.3 Å². The Kier molecular flexibility index (Phi) is 6.35. The van der Waals surface area contributed by atoms with Gasteiger partial charge in [-0.25, -0.2) is 9.78 Å². The number of aliphatic hydroxyl groups is 2. The molecule has 0 amide bonds. The smallest absolute Gasteiger partial charge is 0.352 e. The molecule has 1 aromatic heterocycles. The molecule has 1 aliphatic rings. The SMILES string of the molecule is CC(=O)OOc1cccc(C2(O)CCCC2(O)Cc2nc(-c3ccccc3)c(-c3ccccc3)o2)c1. The normalized spacial score (nSPS) is 21.3. The molecule has 3 aromatic carbocycles. The molecule has 2 unspecified atom stereocenters. The van der Waals surface area contributed by atoms with Gasteiger partial charge in [0.25, 0.3) is 0 Å². The second kappa shape index (κ2) is 9.60. The Labute approximate surface area is 208 Å². The summed E-state index contributed by atoms with van der Waals surface area (Å²) in [7, 11) is 0. The molecule has 1 aliphatic carbocycles. The summed E-state index contributed by atoms with van der Waals surface area (Å²) in [4.78, 5) is 25.5. The van der Waals surface area contributed by atoms with Gasteiger partial charge >= 0.3 is 5.97 Å². The Morgan fingerprint density at radius 3 is 2.33 bits per heavy atom. The molecule has 1 fully saturated rings. The molecule has 1 heterocycles. The summed E-state index contributed by atoms with van der Waals surface area (Å²) >= 11 is 0. The number of nitrogens with zero attached hydrogens (tertiary/aromatic N) is 1. The summed E-state index contributed by atoms with van der Waals surface area (Å²) in [5, 5.41) is 23.6. The zero-order chi connectivity index (χ0) is 25.2. The number of benzene rings is 3. The van der Waals surface area contributed by atoms with Crippen molar-refractivity contribution < 1.29 is 29.2 Å². The fourth-order valence-corrected chi connectivity index (χ4v) is 4.90. The number of rotatable bonds is 7. The van der Waals surface area contributed by atoms with Crippen molar-refractivity contribution in [3.63, 3.8) is 0 Å². The molecular formula is C29H27NO6. The maximum atomic E-state index is 11.8. The van der Waals surface area contributed by atoms with Crippen LogP contribution in [0.2, 0.25) is 0 Å². The van der Waals surface area contributed by atoms with Gasteiger partial charge in [0, 0.05) is 18.1 Å². The second-order valence-electron chi connectivity index (χ2n) is 9.13. The van der Waals surface area contributed by atoms with E-state index in [9.17, 15) is 15.0 Å². The van der Waals surface area contributed by atoms with Gasteiger partial charge in [0.05, 0.1) is 6.42 Å². The summed E-state index contributed by atoms with van der Waals surface area (Å²) < 4.78 is 6.24. The molecule has 5 rings (SSSR count). The van der Waals surface area contributed by atoms with Crippen LogP contribution in [0.4, 0.5) is 0 Å². The zero-order valence-electron chi connectivity index (χ0n) is 19.9. The van der Waals surface area contributed by atoms with Gasteiger partial charge in [-0.05, 0) is 37.0 Å². The van der Waals surface area contributed by atoms with E-state index in [0.717, 1.165) is 11.1 Å². The molecule has 2 N–H and O–H groups in total. The summed E-state index contributed by atoms with van der Waals surface area (Å²) in [6.07, 6.45) is 1.34. The fraction of sp³-hybridized carbons (Fsp3) is 0.241. The highest BCUT2D eigenvalue weighted by molar-refractivity contribution is 5.76. The summed E-state index contributed by atoms with van der Waals surface area (Å²) in [6, 6.07) is 26.0. The molecule has 36 heavy (non-hydrogen) atoms. The van der Waals surface area contributed by atoms with E-state index in [-0.39, 0.29) is 12.2 Å². The highest BCUT2D eigenvalue weighted by Crippen LogP contribution is 2.49. The van der Waals surface area contributed by atoms with Crippen LogP contribution in [-0.4, -0.2) is 26.8 Å². The Bertz CT molecular complexity index is 1300. The Hall–Kier alpha value is -3.94. The lowest BCUT2D eigenvalue weighted by Gasteiger charge is -2.38. The van der Waals surface area contributed by atoms with E-state index in [0.29, 0.717) is 42.2 Å². The van der Waals surface area contributed by atoms with Crippen molar-refractivity contribution in [3.05, 3.63) is 96.4 Å². The molecule has 7 nitrogen and oxygen atoms in total. The zero-order valence-corrected chi connectivity index (χ0v) is 19.9. The molecule has 0 saturated heterocycles. The molecule has 0 bridgehead atoms. The van der Waals surface area contributed by atoms with E-state index in [1.165, 1.54) is 6.92 Å². The second-order valence-corrected chi connectivity index (χ2v) is 9.13. The van der Waals surface area contributed by atoms with Crippen molar-refractivity contribution in [1.82, 2.24) is 4.98 Å². The van der Waals surface area contributed by atoms with Crippen LogP contribution < -0.4 is 4.89 Å². The maximum Gasteiger partial charge on any atom is 0.352 e. The van der Waals surface area contributed by atoms with Crippen molar-refractivity contribution in [2.45, 2.75) is 43.8 Å². The predicted molar refractivity (Wildman–Crippen MR) is 133 cm³/mol. The van der Waals surface area contributed by atoms with Crippen LogP contribution in [-0.2, 0) is 21.7 Å². The number of aromatic nitrogens is 1. The van der Waals surface area contributed by atoms with Crippen LogP contribution in [0.3, 0.4) is 0 Å². The molecule has 7 heteroatoms. The number of carbonyl (C=O) groups excluding carboxylic acids is 1. The van der Waals surface area contributed by atoms with Crippen molar-refractivity contribution in [2.24, 2.45) is 0 Å². The maximum absolute atomic E-state index is 11.8. The third kappa shape index (κ3) is 4.51. The van der Waals surface area contributed by atoms with Crippen LogP contribution in [0, 0.1) is 0 Å². The number of carbonyl (C=O) groups is 1. The molecule has 0 aliphatic heterocycles. The van der Waals surface area contributed by atoms with E-state index < -0.39 is 17.2 Å². The van der Waals surface area contributed by atoms with Gasteiger partial charge < -0.3 is 14.6 Å². The van der Waals surface area contributed by atoms with Crippen LogP contribution >= 0.6 is 0 Å². The average Bonchev–Trinajstić information content (AvgIpc) is 3.45. The largest absolute Gasteiger partial charge is 0.440 e. The molecule has 1 saturated carbocycles. The lowest BCUT2D eigenvalue weighted by molar-refractivity contribution is -0.211. The van der Waals surface area contributed by atoms with Gasteiger partial charge in [-0.1, -0.05) is 72.8 Å². The van der Waals surface area contributed by atoms with Crippen molar-refractivity contribution >= 4 is 5.97 Å². The molecule has 0 radical (unpaired) electrons. The van der Waals surface area contributed by atoms with Crippen LogP contribution in [0.5, 0.6) is 5.75 Å². The Balaban J connectivity index is 1.50. The fourth-order valence-electron chi connectivity index (χ4n) is 4.90. The minimum absolute atomic E-state index is 0.0190. The third-order valence-electron chi connectivity index (χ3n) is 6.66. The number of oxazole rings is 1. The molecule has 0 spiro atoms. The van der Waals surface area contributed by atoms with Crippen molar-refractivity contribution in [1.29, 1.82) is 0 Å². The van der Waals surface area contributed by atoms with Gasteiger partial charge in [-0.15, -0.1) is 0 Å². The van der Waals surface area contributed by atoms with Gasteiger partial charge in [-0.2, -0.15) is 0 Å². The summed E-state index contributed by atoms with van der Waals surface area (Å²) in [6.45, 7) is 1.23. The van der Waals surface area contributed by atoms with E-state index in [1.54, 1.807) is 24.3 Å². The van der Waals surface area contributed by atoms with Gasteiger partial charge in [-0.3, -0.25) is 9.78 Å². The van der Waals surface area contributed by atoms with E-state index >= 15 is 0 Å². The lowest BCUT2D eigenvalue weighted by Crippen LogP contribution is -2.49. The minimum atomic E-state index is -1.57. The highest BCUT2D eigenvalue weighted by atomic mass is 17.2. The number of hydrogen-bond donors (Lipinski definition) is 2. The molecule has 2 atom stereocenters. The van der Waals surface area contributed by atoms with E-state index in [4.69, 9.17) is 14.3 Å². The third-order valence-corrected chi connectivity index (χ3v) is 6.66. The monoisotopic (exact) mass is 485 g/mol. The van der Waals surface area contributed by atoms with Gasteiger partial charge in [0.15, 0.2) is 17.4 Å². The lowest BCUT2D eigenvalue weighted by atomic mass is 9.78. The van der Waals surface area contributed by atoms with Gasteiger partial charge in [0.2, 0.25) is 0 Å². The number of hydrogen-bond acceptors (Lipinski definition) is 7. The topological polar surface area (TPSA) is 102 Å². The molecule has 4 aromatic rings. The Morgan fingerprint density at radius 2 is 1.64 bits per heavy atom. The first kappa shape index (κ1) is 23.8. The molecule has 184 valence electrons. The average molecular weight is 486 g/mol. The first-order valence-corrected chi connectivity index (χ1v) is 11.9. The quantitative estimate of drug-likeness (QED) is 0.274. The Morgan fingerprint density at radius 1 is 0.944 bits per heavy atom. The van der Waals surface area contributed by atoms with E-state index in [2.05, 4.69) is 4.89 Å². The molecular weight excluding hydrogens is 458 g/mol. The first-order chi connectivity index (χ1) is 17.4. The minimum Gasteiger partial charge on any atom is -0.440 e. The predicted octanol–water partition coefficient (Wildman–Crippen LogP) is 5.21. The van der Waals surface area contributed by atoms with Crippen LogP contribution in [0.1, 0.15) is 37.6 Å². The summed E-state index contributed by atoms with van der Waals surface area (Å²) in [5.41, 5.74) is -0.185.